The van der Waals surface area contributed by atoms with E-state index in [0.29, 0.717) is 18.0 Å². The number of nitrogens with one attached hydrogen (secondary N) is 2. The Kier molecular flexibility index (Phi) is 4.01. The summed E-state index contributed by atoms with van der Waals surface area (Å²) in [6.07, 6.45) is 0.681. The van der Waals surface area contributed by atoms with Gasteiger partial charge in [-0.1, -0.05) is 23.7 Å². The summed E-state index contributed by atoms with van der Waals surface area (Å²) in [7, 11) is 1.48. The Hall–Kier alpha value is -2.08. The van der Waals surface area contributed by atoms with Gasteiger partial charge in [0.2, 0.25) is 5.82 Å². The maximum absolute atomic E-state index is 11.7. The molecule has 0 radical (unpaired) electrons. The van der Waals surface area contributed by atoms with E-state index in [0.717, 1.165) is 10.2 Å². The Morgan fingerprint density at radius 1 is 1.42 bits per heavy atom. The molecule has 0 saturated heterocycles. The van der Waals surface area contributed by atoms with Crippen molar-refractivity contribution in [2.45, 2.75) is 6.42 Å². The number of nitrogens with zero attached hydrogens (tertiary/aromatic N) is 2. The first kappa shape index (κ1) is 13.4. The number of carbonyl (C=O) groups excluding carboxylic acids is 1. The van der Waals surface area contributed by atoms with Gasteiger partial charge in [0.1, 0.15) is 0 Å². The van der Waals surface area contributed by atoms with Crippen molar-refractivity contribution in [3.63, 3.8) is 0 Å². The van der Waals surface area contributed by atoms with E-state index in [1.54, 1.807) is 12.1 Å². The van der Waals surface area contributed by atoms with E-state index in [4.69, 9.17) is 11.6 Å². The summed E-state index contributed by atoms with van der Waals surface area (Å²) in [6.45, 7) is 0.457. The average Bonchev–Trinajstić information content (AvgIpc) is 2.72. The van der Waals surface area contributed by atoms with E-state index < -0.39 is 11.6 Å². The number of carbonyl (C=O) groups is 1. The summed E-state index contributed by atoms with van der Waals surface area (Å²) >= 11 is 5.78. The summed E-state index contributed by atoms with van der Waals surface area (Å²) in [5.41, 5.74) is 0.655. The molecule has 0 bridgehead atoms. The minimum Gasteiger partial charge on any atom is -0.349 e. The number of hydrogen-bond donors (Lipinski definition) is 2. The van der Waals surface area contributed by atoms with Gasteiger partial charge in [0.25, 0.3) is 5.91 Å². The molecule has 6 nitrogen and oxygen atoms in total. The number of aromatic nitrogens is 3. The topological polar surface area (TPSA) is 79.8 Å². The third-order valence-corrected chi connectivity index (χ3v) is 2.85. The fraction of sp³-hybridized carbons (Fsp3) is 0.250. The molecule has 0 fully saturated rings. The van der Waals surface area contributed by atoms with Crippen molar-refractivity contribution >= 4 is 17.5 Å². The molecule has 0 spiro atoms. The standard InChI is InChI=1S/C12H13ClN4O2/c1-17-12(19)15-10(16-17)11(18)14-7-6-8-2-4-9(13)5-3-8/h2-5H,6-7H2,1H3,(H,14,18)(H,15,16,19). The molecule has 1 heterocycles. The number of amides is 1. The van der Waals surface area contributed by atoms with Gasteiger partial charge in [0.05, 0.1) is 0 Å². The highest BCUT2D eigenvalue weighted by Crippen LogP contribution is 2.09. The molecule has 0 aliphatic rings. The van der Waals surface area contributed by atoms with Crippen LogP contribution in [0.1, 0.15) is 16.2 Å². The van der Waals surface area contributed by atoms with E-state index in [2.05, 4.69) is 15.4 Å². The van der Waals surface area contributed by atoms with Crippen LogP contribution < -0.4 is 11.0 Å². The summed E-state index contributed by atoms with van der Waals surface area (Å²) in [5.74, 6) is -0.379. The second-order valence-electron chi connectivity index (χ2n) is 4.03. The van der Waals surface area contributed by atoms with Gasteiger partial charge in [-0.05, 0) is 24.1 Å². The lowest BCUT2D eigenvalue weighted by Gasteiger charge is -2.03. The van der Waals surface area contributed by atoms with Crippen LogP contribution in [0.5, 0.6) is 0 Å². The molecular formula is C12H13ClN4O2. The second kappa shape index (κ2) is 5.71. The number of H-pyrrole nitrogens is 1. The molecule has 100 valence electrons. The van der Waals surface area contributed by atoms with Crippen LogP contribution in [0.3, 0.4) is 0 Å². The van der Waals surface area contributed by atoms with Crippen molar-refractivity contribution < 1.29 is 4.79 Å². The molecule has 0 aliphatic carbocycles. The first-order valence-corrected chi connectivity index (χ1v) is 6.10. The average molecular weight is 281 g/mol. The monoisotopic (exact) mass is 280 g/mol. The van der Waals surface area contributed by atoms with Crippen molar-refractivity contribution in [1.82, 2.24) is 20.1 Å². The smallest absolute Gasteiger partial charge is 0.343 e. The lowest BCUT2D eigenvalue weighted by Crippen LogP contribution is -2.27. The van der Waals surface area contributed by atoms with E-state index in [1.165, 1.54) is 7.05 Å². The third-order valence-electron chi connectivity index (χ3n) is 2.60. The lowest BCUT2D eigenvalue weighted by molar-refractivity contribution is 0.0943. The van der Waals surface area contributed by atoms with Gasteiger partial charge in [0, 0.05) is 18.6 Å². The lowest BCUT2D eigenvalue weighted by atomic mass is 10.1. The van der Waals surface area contributed by atoms with Crippen LogP contribution in [0.15, 0.2) is 29.1 Å². The molecule has 0 saturated carbocycles. The summed E-state index contributed by atoms with van der Waals surface area (Å²) in [6, 6.07) is 7.40. The van der Waals surface area contributed by atoms with Crippen LogP contribution in [-0.2, 0) is 13.5 Å². The van der Waals surface area contributed by atoms with Gasteiger partial charge < -0.3 is 5.32 Å². The van der Waals surface area contributed by atoms with E-state index in [1.807, 2.05) is 12.1 Å². The maximum atomic E-state index is 11.7. The van der Waals surface area contributed by atoms with Crippen LogP contribution in [0.25, 0.3) is 0 Å². The van der Waals surface area contributed by atoms with Crippen LogP contribution in [-0.4, -0.2) is 27.2 Å². The molecule has 1 aromatic carbocycles. The first-order valence-electron chi connectivity index (χ1n) is 5.72. The minimum absolute atomic E-state index is 0.0172. The van der Waals surface area contributed by atoms with Gasteiger partial charge >= 0.3 is 5.69 Å². The van der Waals surface area contributed by atoms with Gasteiger partial charge in [-0.15, -0.1) is 5.10 Å². The van der Waals surface area contributed by atoms with Gasteiger partial charge in [-0.25, -0.2) is 9.48 Å². The van der Waals surface area contributed by atoms with Crippen LogP contribution >= 0.6 is 11.6 Å². The predicted molar refractivity (Wildman–Crippen MR) is 71.3 cm³/mol. The Balaban J connectivity index is 1.87. The fourth-order valence-electron chi connectivity index (χ4n) is 1.56. The first-order chi connectivity index (χ1) is 9.06. The maximum Gasteiger partial charge on any atom is 0.343 e. The SMILES string of the molecule is Cn1nc(C(=O)NCCc2ccc(Cl)cc2)[nH]c1=O. The number of aromatic amines is 1. The Labute approximate surface area is 114 Å². The van der Waals surface area contributed by atoms with Crippen LogP contribution in [0, 0.1) is 0 Å². The van der Waals surface area contributed by atoms with Crippen LogP contribution in [0.4, 0.5) is 0 Å². The molecule has 1 amide bonds. The molecule has 2 N–H and O–H groups in total. The normalized spacial score (nSPS) is 10.4. The zero-order chi connectivity index (χ0) is 13.8. The van der Waals surface area contributed by atoms with Crippen molar-refractivity contribution in [3.8, 4) is 0 Å². The number of rotatable bonds is 4. The molecule has 0 aliphatic heterocycles. The van der Waals surface area contributed by atoms with Crippen molar-refractivity contribution in [2.75, 3.05) is 6.54 Å². The van der Waals surface area contributed by atoms with Crippen LogP contribution in [0.2, 0.25) is 5.02 Å². The zero-order valence-corrected chi connectivity index (χ0v) is 11.1. The van der Waals surface area contributed by atoms with Crippen molar-refractivity contribution in [1.29, 1.82) is 0 Å². The number of hydrogen-bond acceptors (Lipinski definition) is 3. The molecule has 2 rings (SSSR count). The van der Waals surface area contributed by atoms with E-state index in [9.17, 15) is 9.59 Å². The third kappa shape index (κ3) is 3.45. The van der Waals surface area contributed by atoms with Gasteiger partial charge in [-0.3, -0.25) is 9.78 Å². The molecule has 7 heteroatoms. The number of benzene rings is 1. The zero-order valence-electron chi connectivity index (χ0n) is 10.3. The molecule has 2 aromatic rings. The van der Waals surface area contributed by atoms with E-state index >= 15 is 0 Å². The Bertz CT molecular complexity index is 630. The fourth-order valence-corrected chi connectivity index (χ4v) is 1.69. The molecule has 1 aromatic heterocycles. The summed E-state index contributed by atoms with van der Waals surface area (Å²) in [5, 5.41) is 7.13. The number of aryl methyl sites for hydroxylation is 1. The quantitative estimate of drug-likeness (QED) is 0.867. The minimum atomic E-state index is -0.414. The molecule has 0 atom stereocenters. The highest BCUT2D eigenvalue weighted by Gasteiger charge is 2.10. The highest BCUT2D eigenvalue weighted by molar-refractivity contribution is 6.30. The van der Waals surface area contributed by atoms with E-state index in [-0.39, 0.29) is 5.82 Å². The second-order valence-corrected chi connectivity index (χ2v) is 4.47. The van der Waals surface area contributed by atoms with Gasteiger partial charge in [-0.2, -0.15) is 0 Å². The summed E-state index contributed by atoms with van der Waals surface area (Å²) < 4.78 is 1.08. The summed E-state index contributed by atoms with van der Waals surface area (Å²) in [4.78, 5) is 25.2. The molecular weight excluding hydrogens is 268 g/mol. The van der Waals surface area contributed by atoms with Gasteiger partial charge in [0.15, 0.2) is 0 Å². The number of halogens is 1. The highest BCUT2D eigenvalue weighted by atomic mass is 35.5. The Morgan fingerprint density at radius 2 is 2.11 bits per heavy atom. The predicted octanol–water partition coefficient (Wildman–Crippen LogP) is 0.734. The van der Waals surface area contributed by atoms with Crippen molar-refractivity contribution in [2.24, 2.45) is 7.05 Å². The largest absolute Gasteiger partial charge is 0.349 e. The van der Waals surface area contributed by atoms with Crippen molar-refractivity contribution in [3.05, 3.63) is 51.2 Å². The molecule has 19 heavy (non-hydrogen) atoms. The molecule has 0 unspecified atom stereocenters. The Morgan fingerprint density at radius 3 is 2.68 bits per heavy atom.